The van der Waals surface area contributed by atoms with Crippen molar-refractivity contribution < 1.29 is 4.74 Å². The van der Waals surface area contributed by atoms with Gasteiger partial charge in [0.15, 0.2) is 0 Å². The zero-order chi connectivity index (χ0) is 15.1. The molecule has 108 valence electrons. The molecule has 0 amide bonds. The topological polar surface area (TPSA) is 49.1 Å². The van der Waals surface area contributed by atoms with Gasteiger partial charge in [0.1, 0.15) is 11.8 Å². The quantitative estimate of drug-likeness (QED) is 0.817. The summed E-state index contributed by atoms with van der Waals surface area (Å²) in [4.78, 5) is 6.05. The van der Waals surface area contributed by atoms with Gasteiger partial charge in [0.25, 0.3) is 0 Å². The van der Waals surface area contributed by atoms with Gasteiger partial charge in [0, 0.05) is 24.5 Å². The number of rotatable bonds is 6. The zero-order valence-corrected chi connectivity index (χ0v) is 12.4. The van der Waals surface area contributed by atoms with Crippen molar-refractivity contribution in [3.8, 4) is 11.8 Å². The molecule has 1 aromatic carbocycles. The Balaban J connectivity index is 2.08. The van der Waals surface area contributed by atoms with Crippen LogP contribution in [0.2, 0.25) is 0 Å². The van der Waals surface area contributed by atoms with Crippen LogP contribution < -0.4 is 4.74 Å². The lowest BCUT2D eigenvalue weighted by Crippen LogP contribution is -2.26. The van der Waals surface area contributed by atoms with Crippen molar-refractivity contribution in [3.05, 3.63) is 59.9 Å². The molecule has 2 aromatic rings. The summed E-state index contributed by atoms with van der Waals surface area (Å²) < 4.78 is 5.36. The standard InChI is InChI=1S/C17H19N3O/c1-20(12-9-14-7-10-19-11-8-14)16(13-18)15-5-3-4-6-17(15)21-2/h3-8,10-11,16H,9,12H2,1-2H3. The average molecular weight is 281 g/mol. The molecule has 0 radical (unpaired) electrons. The van der Waals surface area contributed by atoms with Gasteiger partial charge >= 0.3 is 0 Å². The maximum absolute atomic E-state index is 9.51. The van der Waals surface area contributed by atoms with Crippen LogP contribution in [0.4, 0.5) is 0 Å². The van der Waals surface area contributed by atoms with E-state index in [1.54, 1.807) is 19.5 Å². The third kappa shape index (κ3) is 3.80. The predicted molar refractivity (Wildman–Crippen MR) is 81.9 cm³/mol. The molecule has 1 atom stereocenters. The number of likely N-dealkylation sites (N-methyl/N-ethyl adjacent to an activating group) is 1. The van der Waals surface area contributed by atoms with Gasteiger partial charge in [0.2, 0.25) is 0 Å². The molecule has 0 fully saturated rings. The number of nitrogens with zero attached hydrogens (tertiary/aromatic N) is 3. The van der Waals surface area contributed by atoms with Crippen molar-refractivity contribution in [2.75, 3.05) is 20.7 Å². The van der Waals surface area contributed by atoms with Crippen molar-refractivity contribution in [3.63, 3.8) is 0 Å². The van der Waals surface area contributed by atoms with Crippen molar-refractivity contribution in [2.45, 2.75) is 12.5 Å². The summed E-state index contributed by atoms with van der Waals surface area (Å²) in [6.45, 7) is 0.792. The van der Waals surface area contributed by atoms with E-state index in [0.29, 0.717) is 0 Å². The molecule has 0 aliphatic rings. The first-order valence-electron chi connectivity index (χ1n) is 6.88. The molecule has 1 unspecified atom stereocenters. The first-order valence-corrected chi connectivity index (χ1v) is 6.88. The normalized spacial score (nSPS) is 11.9. The molecule has 21 heavy (non-hydrogen) atoms. The van der Waals surface area contributed by atoms with E-state index in [-0.39, 0.29) is 6.04 Å². The van der Waals surface area contributed by atoms with Gasteiger partial charge in [-0.05, 0) is 37.2 Å². The van der Waals surface area contributed by atoms with Crippen LogP contribution in [-0.2, 0) is 6.42 Å². The van der Waals surface area contributed by atoms with E-state index < -0.39 is 0 Å². The van der Waals surface area contributed by atoms with Crippen LogP contribution in [0.25, 0.3) is 0 Å². The largest absolute Gasteiger partial charge is 0.496 e. The molecule has 0 aliphatic carbocycles. The van der Waals surface area contributed by atoms with Crippen molar-refractivity contribution in [1.29, 1.82) is 5.26 Å². The number of aromatic nitrogens is 1. The molecular formula is C17H19N3O. The summed E-state index contributed by atoms with van der Waals surface area (Å²) in [7, 11) is 3.59. The number of pyridine rings is 1. The number of benzene rings is 1. The average Bonchev–Trinajstić information content (AvgIpc) is 2.55. The molecule has 0 spiro atoms. The maximum Gasteiger partial charge on any atom is 0.127 e. The maximum atomic E-state index is 9.51. The van der Waals surface area contributed by atoms with Gasteiger partial charge in [-0.1, -0.05) is 18.2 Å². The Labute approximate surface area is 125 Å². The van der Waals surface area contributed by atoms with Crippen LogP contribution in [0.15, 0.2) is 48.8 Å². The van der Waals surface area contributed by atoms with Crippen molar-refractivity contribution in [2.24, 2.45) is 0 Å². The lowest BCUT2D eigenvalue weighted by molar-refractivity contribution is 0.287. The Morgan fingerprint density at radius 3 is 2.62 bits per heavy atom. The summed E-state index contributed by atoms with van der Waals surface area (Å²) in [5.41, 5.74) is 2.12. The third-order valence-corrected chi connectivity index (χ3v) is 3.50. The third-order valence-electron chi connectivity index (χ3n) is 3.50. The second kappa shape index (κ2) is 7.41. The number of nitriles is 1. The molecule has 0 saturated carbocycles. The molecule has 0 saturated heterocycles. The second-order valence-corrected chi connectivity index (χ2v) is 4.86. The SMILES string of the molecule is COc1ccccc1C(C#N)N(C)CCc1ccncc1. The minimum atomic E-state index is -0.317. The highest BCUT2D eigenvalue weighted by Crippen LogP contribution is 2.28. The number of hydrogen-bond acceptors (Lipinski definition) is 4. The fourth-order valence-corrected chi connectivity index (χ4v) is 2.28. The molecular weight excluding hydrogens is 262 g/mol. The fourth-order valence-electron chi connectivity index (χ4n) is 2.28. The highest BCUT2D eigenvalue weighted by Gasteiger charge is 2.19. The Morgan fingerprint density at radius 2 is 1.95 bits per heavy atom. The summed E-state index contributed by atoms with van der Waals surface area (Å²) in [6.07, 6.45) is 4.46. The predicted octanol–water partition coefficient (Wildman–Crippen LogP) is 2.83. The second-order valence-electron chi connectivity index (χ2n) is 4.86. The summed E-state index contributed by atoms with van der Waals surface area (Å²) >= 11 is 0. The van der Waals surface area contributed by atoms with Gasteiger partial charge in [-0.2, -0.15) is 5.26 Å². The Morgan fingerprint density at radius 1 is 1.24 bits per heavy atom. The molecule has 1 heterocycles. The molecule has 2 rings (SSSR count). The van der Waals surface area contributed by atoms with E-state index in [9.17, 15) is 5.26 Å². The Hall–Kier alpha value is -2.38. The summed E-state index contributed by atoms with van der Waals surface area (Å²) in [5.74, 6) is 0.750. The van der Waals surface area contributed by atoms with Crippen LogP contribution in [-0.4, -0.2) is 30.6 Å². The van der Waals surface area contributed by atoms with Gasteiger partial charge < -0.3 is 4.74 Å². The molecule has 0 aliphatic heterocycles. The first-order chi connectivity index (χ1) is 10.3. The Bertz CT molecular complexity index is 607. The fraction of sp³-hybridized carbons (Fsp3) is 0.294. The van der Waals surface area contributed by atoms with Crippen LogP contribution in [0.3, 0.4) is 0 Å². The first kappa shape index (κ1) is 15.0. The van der Waals surface area contributed by atoms with Crippen molar-refractivity contribution >= 4 is 0 Å². The molecule has 4 nitrogen and oxygen atoms in total. The Kier molecular flexibility index (Phi) is 5.30. The monoisotopic (exact) mass is 281 g/mol. The van der Waals surface area contributed by atoms with Gasteiger partial charge in [-0.15, -0.1) is 0 Å². The number of para-hydroxylation sites is 1. The minimum Gasteiger partial charge on any atom is -0.496 e. The van der Waals surface area contributed by atoms with Crippen LogP contribution in [0.5, 0.6) is 5.75 Å². The van der Waals surface area contributed by atoms with E-state index in [1.807, 2.05) is 48.3 Å². The van der Waals surface area contributed by atoms with E-state index in [4.69, 9.17) is 4.74 Å². The highest BCUT2D eigenvalue weighted by atomic mass is 16.5. The smallest absolute Gasteiger partial charge is 0.127 e. The summed E-state index contributed by atoms with van der Waals surface area (Å²) in [5, 5.41) is 9.51. The number of hydrogen-bond donors (Lipinski definition) is 0. The van der Waals surface area contributed by atoms with E-state index >= 15 is 0 Å². The minimum absolute atomic E-state index is 0.317. The summed E-state index contributed by atoms with van der Waals surface area (Å²) in [6, 6.07) is 13.7. The van der Waals surface area contributed by atoms with Crippen LogP contribution >= 0.6 is 0 Å². The number of ether oxygens (including phenoxy) is 1. The zero-order valence-electron chi connectivity index (χ0n) is 12.4. The number of methoxy groups -OCH3 is 1. The lowest BCUT2D eigenvalue weighted by Gasteiger charge is -2.24. The highest BCUT2D eigenvalue weighted by molar-refractivity contribution is 5.38. The molecule has 1 aromatic heterocycles. The van der Waals surface area contributed by atoms with Crippen LogP contribution in [0.1, 0.15) is 17.2 Å². The lowest BCUT2D eigenvalue weighted by atomic mass is 10.0. The van der Waals surface area contributed by atoms with Gasteiger partial charge in [-0.25, -0.2) is 0 Å². The van der Waals surface area contributed by atoms with E-state index in [2.05, 4.69) is 11.1 Å². The van der Waals surface area contributed by atoms with Crippen molar-refractivity contribution in [1.82, 2.24) is 9.88 Å². The van der Waals surface area contributed by atoms with Crippen LogP contribution in [0, 0.1) is 11.3 Å². The van der Waals surface area contributed by atoms with E-state index in [0.717, 1.165) is 24.3 Å². The van der Waals surface area contributed by atoms with Gasteiger partial charge in [0.05, 0.1) is 13.2 Å². The van der Waals surface area contributed by atoms with Gasteiger partial charge in [-0.3, -0.25) is 9.88 Å². The van der Waals surface area contributed by atoms with E-state index in [1.165, 1.54) is 5.56 Å². The molecule has 0 N–H and O–H groups in total. The molecule has 0 bridgehead atoms. The molecule has 4 heteroatoms.